The third kappa shape index (κ3) is 23.0. The molecule has 0 aromatic rings. The SMILES string of the molecule is CCCCCCCCCCCC(C)C(=O)OCC(CCCCCC)CCCCCCCCC. The molecule has 0 fully saturated rings. The summed E-state index contributed by atoms with van der Waals surface area (Å²) in [6.45, 7) is 9.55. The van der Waals surface area contributed by atoms with Gasteiger partial charge in [0.05, 0.1) is 12.5 Å². The molecule has 33 heavy (non-hydrogen) atoms. The normalized spacial score (nSPS) is 13.2. The molecule has 0 radical (unpaired) electrons. The van der Waals surface area contributed by atoms with Gasteiger partial charge in [0.15, 0.2) is 0 Å². The second kappa shape index (κ2) is 26.1. The molecule has 0 aliphatic heterocycles. The van der Waals surface area contributed by atoms with Crippen LogP contribution in [-0.4, -0.2) is 12.6 Å². The molecular weight excluding hydrogens is 404 g/mol. The van der Waals surface area contributed by atoms with Gasteiger partial charge in [0.1, 0.15) is 0 Å². The molecule has 2 atom stereocenters. The molecule has 2 heteroatoms. The standard InChI is InChI=1S/C31H62O2/c1-5-8-11-14-16-17-19-20-22-25-29(4)31(32)33-28-30(26-23-13-10-7-3)27-24-21-18-15-12-9-6-2/h29-30H,5-28H2,1-4H3. The molecule has 0 aliphatic carbocycles. The van der Waals surface area contributed by atoms with Crippen molar-refractivity contribution >= 4 is 5.97 Å². The number of unbranched alkanes of at least 4 members (excludes halogenated alkanes) is 17. The van der Waals surface area contributed by atoms with Crippen LogP contribution in [0.15, 0.2) is 0 Å². The van der Waals surface area contributed by atoms with Crippen molar-refractivity contribution in [1.82, 2.24) is 0 Å². The number of rotatable bonds is 26. The van der Waals surface area contributed by atoms with Gasteiger partial charge in [0.2, 0.25) is 0 Å². The van der Waals surface area contributed by atoms with Gasteiger partial charge in [-0.1, -0.05) is 156 Å². The summed E-state index contributed by atoms with van der Waals surface area (Å²) in [6.07, 6.45) is 30.2. The Morgan fingerprint density at radius 2 is 0.848 bits per heavy atom. The van der Waals surface area contributed by atoms with Crippen molar-refractivity contribution in [2.45, 2.75) is 175 Å². The second-order valence-corrected chi connectivity index (χ2v) is 10.8. The average Bonchev–Trinajstić information content (AvgIpc) is 2.82. The van der Waals surface area contributed by atoms with E-state index in [4.69, 9.17) is 4.74 Å². The third-order valence-corrected chi connectivity index (χ3v) is 7.29. The first-order valence-corrected chi connectivity index (χ1v) is 15.3. The molecule has 2 nitrogen and oxygen atoms in total. The Hall–Kier alpha value is -0.530. The zero-order chi connectivity index (χ0) is 24.4. The Kier molecular flexibility index (Phi) is 25.7. The smallest absolute Gasteiger partial charge is 0.308 e. The van der Waals surface area contributed by atoms with E-state index in [2.05, 4.69) is 27.7 Å². The van der Waals surface area contributed by atoms with Gasteiger partial charge in [-0.15, -0.1) is 0 Å². The van der Waals surface area contributed by atoms with Crippen LogP contribution in [0.25, 0.3) is 0 Å². The van der Waals surface area contributed by atoms with Crippen LogP contribution < -0.4 is 0 Å². The molecule has 0 N–H and O–H groups in total. The lowest BCUT2D eigenvalue weighted by molar-refractivity contribution is -0.149. The van der Waals surface area contributed by atoms with Crippen molar-refractivity contribution in [2.24, 2.45) is 11.8 Å². The highest BCUT2D eigenvalue weighted by Gasteiger charge is 2.17. The molecule has 0 bridgehead atoms. The zero-order valence-corrected chi connectivity index (χ0v) is 23.4. The highest BCUT2D eigenvalue weighted by Crippen LogP contribution is 2.21. The first-order valence-electron chi connectivity index (χ1n) is 15.3. The van der Waals surface area contributed by atoms with Crippen molar-refractivity contribution in [3.63, 3.8) is 0 Å². The predicted octanol–water partition coefficient (Wildman–Crippen LogP) is 10.8. The number of esters is 1. The van der Waals surface area contributed by atoms with Crippen LogP contribution in [0.1, 0.15) is 175 Å². The number of hydrogen-bond donors (Lipinski definition) is 0. The summed E-state index contributed by atoms with van der Waals surface area (Å²) in [5.74, 6) is 0.683. The molecule has 198 valence electrons. The maximum atomic E-state index is 12.5. The van der Waals surface area contributed by atoms with Crippen LogP contribution in [0.2, 0.25) is 0 Å². The van der Waals surface area contributed by atoms with Crippen LogP contribution in [0.3, 0.4) is 0 Å². The van der Waals surface area contributed by atoms with Crippen LogP contribution in [0.4, 0.5) is 0 Å². The van der Waals surface area contributed by atoms with E-state index in [1.54, 1.807) is 0 Å². The third-order valence-electron chi connectivity index (χ3n) is 7.29. The van der Waals surface area contributed by atoms with Gasteiger partial charge in [-0.2, -0.15) is 0 Å². The minimum Gasteiger partial charge on any atom is -0.465 e. The molecule has 0 saturated carbocycles. The summed E-state index contributed by atoms with van der Waals surface area (Å²) in [5, 5.41) is 0. The fourth-order valence-electron chi connectivity index (χ4n) is 4.78. The number of ether oxygens (including phenoxy) is 1. The van der Waals surface area contributed by atoms with Crippen molar-refractivity contribution in [2.75, 3.05) is 6.61 Å². The van der Waals surface area contributed by atoms with E-state index in [0.29, 0.717) is 12.5 Å². The van der Waals surface area contributed by atoms with Gasteiger partial charge in [0, 0.05) is 0 Å². The van der Waals surface area contributed by atoms with Gasteiger partial charge < -0.3 is 4.74 Å². The molecule has 0 rings (SSSR count). The lowest BCUT2D eigenvalue weighted by Crippen LogP contribution is -2.20. The Morgan fingerprint density at radius 3 is 1.27 bits per heavy atom. The van der Waals surface area contributed by atoms with E-state index in [0.717, 1.165) is 6.42 Å². The number of hydrogen-bond acceptors (Lipinski definition) is 2. The van der Waals surface area contributed by atoms with Crippen LogP contribution >= 0.6 is 0 Å². The summed E-state index contributed by atoms with van der Waals surface area (Å²) in [4.78, 5) is 12.5. The summed E-state index contributed by atoms with van der Waals surface area (Å²) in [6, 6.07) is 0. The fraction of sp³-hybridized carbons (Fsp3) is 0.968. The first-order chi connectivity index (χ1) is 16.2. The van der Waals surface area contributed by atoms with Gasteiger partial charge in [-0.05, 0) is 25.2 Å². The molecule has 0 aromatic heterocycles. The zero-order valence-electron chi connectivity index (χ0n) is 23.4. The van der Waals surface area contributed by atoms with Crippen LogP contribution in [0, 0.1) is 11.8 Å². The lowest BCUT2D eigenvalue weighted by Gasteiger charge is -2.19. The Bertz CT molecular complexity index is 392. The van der Waals surface area contributed by atoms with Gasteiger partial charge in [0.25, 0.3) is 0 Å². The molecule has 0 heterocycles. The topological polar surface area (TPSA) is 26.3 Å². The summed E-state index contributed by atoms with van der Waals surface area (Å²) in [7, 11) is 0. The maximum Gasteiger partial charge on any atom is 0.308 e. The van der Waals surface area contributed by atoms with E-state index >= 15 is 0 Å². The fourth-order valence-corrected chi connectivity index (χ4v) is 4.78. The Morgan fingerprint density at radius 1 is 0.515 bits per heavy atom. The van der Waals surface area contributed by atoms with Crippen LogP contribution in [-0.2, 0) is 9.53 Å². The van der Waals surface area contributed by atoms with E-state index in [-0.39, 0.29) is 11.9 Å². The van der Waals surface area contributed by atoms with Crippen molar-refractivity contribution in [1.29, 1.82) is 0 Å². The van der Waals surface area contributed by atoms with Gasteiger partial charge in [-0.3, -0.25) is 4.79 Å². The molecular formula is C31H62O2. The van der Waals surface area contributed by atoms with Gasteiger partial charge in [-0.25, -0.2) is 0 Å². The molecule has 0 spiro atoms. The minimum absolute atomic E-state index is 0.0488. The van der Waals surface area contributed by atoms with Crippen LogP contribution in [0.5, 0.6) is 0 Å². The van der Waals surface area contributed by atoms with E-state index in [1.165, 1.54) is 141 Å². The molecule has 0 aromatic carbocycles. The second-order valence-electron chi connectivity index (χ2n) is 10.8. The van der Waals surface area contributed by atoms with E-state index < -0.39 is 0 Å². The molecule has 0 aliphatic rings. The van der Waals surface area contributed by atoms with E-state index in [1.807, 2.05) is 0 Å². The predicted molar refractivity (Wildman–Crippen MR) is 147 cm³/mol. The van der Waals surface area contributed by atoms with Crippen molar-refractivity contribution in [3.05, 3.63) is 0 Å². The number of carbonyl (C=O) groups excluding carboxylic acids is 1. The average molecular weight is 467 g/mol. The minimum atomic E-state index is 0.0488. The Labute approximate surface area is 209 Å². The summed E-state index contributed by atoms with van der Waals surface area (Å²) in [5.41, 5.74) is 0. The molecule has 0 amide bonds. The maximum absolute atomic E-state index is 12.5. The first kappa shape index (κ1) is 32.5. The van der Waals surface area contributed by atoms with Crippen molar-refractivity contribution in [3.8, 4) is 0 Å². The molecule has 2 unspecified atom stereocenters. The lowest BCUT2D eigenvalue weighted by atomic mass is 9.95. The summed E-state index contributed by atoms with van der Waals surface area (Å²) < 4.78 is 5.83. The van der Waals surface area contributed by atoms with Gasteiger partial charge >= 0.3 is 5.97 Å². The monoisotopic (exact) mass is 466 g/mol. The van der Waals surface area contributed by atoms with E-state index in [9.17, 15) is 4.79 Å². The quantitative estimate of drug-likeness (QED) is 0.0935. The number of carbonyl (C=O) groups is 1. The summed E-state index contributed by atoms with van der Waals surface area (Å²) >= 11 is 0. The highest BCUT2D eigenvalue weighted by atomic mass is 16.5. The highest BCUT2D eigenvalue weighted by molar-refractivity contribution is 5.71. The van der Waals surface area contributed by atoms with Crippen molar-refractivity contribution < 1.29 is 9.53 Å². The molecule has 0 saturated heterocycles. The Balaban J connectivity index is 3.99. The largest absolute Gasteiger partial charge is 0.465 e.